The zero-order chi connectivity index (χ0) is 20.1. The van der Waals surface area contributed by atoms with Gasteiger partial charge in [-0.2, -0.15) is 0 Å². The molecule has 1 aliphatic rings. The number of hydrogen-bond donors (Lipinski definition) is 4. The average molecular weight is 389 g/mol. The summed E-state index contributed by atoms with van der Waals surface area (Å²) in [6, 6.07) is 5.63. The number of aromatic carboxylic acids is 1. The Hall–Kier alpha value is -3.07. The zero-order valence-electron chi connectivity index (χ0n) is 15.3. The van der Waals surface area contributed by atoms with Crippen LogP contribution in [0.25, 0.3) is 10.9 Å². The number of carbonyl (C=O) groups is 2. The molecule has 2 aromatic rings. The van der Waals surface area contributed by atoms with Crippen molar-refractivity contribution >= 4 is 28.7 Å². The number of anilines is 1. The number of pyridine rings is 1. The minimum Gasteiger partial charge on any atom is -0.477 e. The molecule has 1 aromatic carbocycles. The summed E-state index contributed by atoms with van der Waals surface area (Å²) in [6.45, 7) is 1.71. The Labute approximate surface area is 160 Å². The number of carboxylic acid groups (broad SMARTS) is 2. The molecule has 0 spiro atoms. The Morgan fingerprint density at radius 3 is 2.64 bits per heavy atom. The maximum absolute atomic E-state index is 12.5. The average Bonchev–Trinajstić information content (AvgIpc) is 3.49. The van der Waals surface area contributed by atoms with Gasteiger partial charge in [-0.15, -0.1) is 0 Å². The van der Waals surface area contributed by atoms with Gasteiger partial charge in [-0.05, 0) is 37.5 Å². The van der Waals surface area contributed by atoms with E-state index >= 15 is 0 Å². The van der Waals surface area contributed by atoms with Crippen LogP contribution in [0.4, 0.5) is 10.5 Å². The first kappa shape index (κ1) is 19.7. The first-order chi connectivity index (χ1) is 13.5. The van der Waals surface area contributed by atoms with Crippen LogP contribution in [-0.2, 0) is 4.74 Å². The monoisotopic (exact) mass is 389 g/mol. The predicted octanol–water partition coefficient (Wildman–Crippen LogP) is 2.12. The van der Waals surface area contributed by atoms with Crippen LogP contribution in [0.15, 0.2) is 29.2 Å². The fourth-order valence-corrected chi connectivity index (χ4v) is 3.01. The van der Waals surface area contributed by atoms with Crippen LogP contribution in [0.1, 0.15) is 35.7 Å². The molecular formula is C19H23N3O6. The minimum atomic E-state index is -1.22. The van der Waals surface area contributed by atoms with Crippen molar-refractivity contribution in [3.63, 3.8) is 0 Å². The van der Waals surface area contributed by atoms with Gasteiger partial charge in [-0.3, -0.25) is 4.79 Å². The second-order valence-electron chi connectivity index (χ2n) is 6.67. The maximum atomic E-state index is 12.5. The summed E-state index contributed by atoms with van der Waals surface area (Å²) in [5.74, 6) is -1.22. The molecule has 1 fully saturated rings. The first-order valence-electron chi connectivity index (χ1n) is 9.18. The van der Waals surface area contributed by atoms with Gasteiger partial charge in [0.05, 0.1) is 12.1 Å². The van der Waals surface area contributed by atoms with Crippen molar-refractivity contribution in [2.75, 3.05) is 31.6 Å². The first-order valence-corrected chi connectivity index (χ1v) is 9.18. The van der Waals surface area contributed by atoms with Gasteiger partial charge in [0.15, 0.2) is 0 Å². The Morgan fingerprint density at radius 1 is 1.18 bits per heavy atom. The lowest BCUT2D eigenvalue weighted by Gasteiger charge is -2.13. The van der Waals surface area contributed by atoms with Gasteiger partial charge in [0.2, 0.25) is 5.43 Å². The van der Waals surface area contributed by atoms with Crippen molar-refractivity contribution in [3.8, 4) is 0 Å². The second-order valence-corrected chi connectivity index (χ2v) is 6.67. The number of nitrogens with zero attached hydrogens (tertiary/aromatic N) is 1. The van der Waals surface area contributed by atoms with Crippen molar-refractivity contribution in [2.24, 2.45) is 0 Å². The molecule has 9 heteroatoms. The van der Waals surface area contributed by atoms with E-state index in [9.17, 15) is 19.5 Å². The summed E-state index contributed by atoms with van der Waals surface area (Å²) in [4.78, 5) is 34.3. The number of amides is 1. The standard InChI is InChI=1S/C19H23N3O6/c23-17-14-10-12(20-7-9-28-8-1-6-21-19(26)27)2-5-16(14)22(13-3-4-13)11-15(17)18(24)25/h2,5,10-11,13,20-21H,1,3-4,6-9H2,(H,24,25)(H,26,27). The third kappa shape index (κ3) is 4.80. The van der Waals surface area contributed by atoms with Gasteiger partial charge < -0.3 is 30.2 Å². The lowest BCUT2D eigenvalue weighted by Crippen LogP contribution is -2.23. The molecule has 0 radical (unpaired) electrons. The SMILES string of the molecule is O=C(O)NCCCOCCNc1ccc2c(c1)c(=O)c(C(=O)O)cn2C1CC1. The number of ether oxygens (including phenoxy) is 1. The summed E-state index contributed by atoms with van der Waals surface area (Å²) in [7, 11) is 0. The van der Waals surface area contributed by atoms with Gasteiger partial charge in [0.25, 0.3) is 0 Å². The molecule has 1 heterocycles. The molecule has 0 unspecified atom stereocenters. The topological polar surface area (TPSA) is 130 Å². The summed E-state index contributed by atoms with van der Waals surface area (Å²) < 4.78 is 7.31. The van der Waals surface area contributed by atoms with Crippen LogP contribution < -0.4 is 16.1 Å². The van der Waals surface area contributed by atoms with E-state index in [4.69, 9.17) is 9.84 Å². The Balaban J connectivity index is 1.62. The maximum Gasteiger partial charge on any atom is 0.404 e. The molecule has 1 aliphatic carbocycles. The van der Waals surface area contributed by atoms with E-state index in [1.54, 1.807) is 6.07 Å². The number of rotatable bonds is 10. The molecular weight excluding hydrogens is 366 g/mol. The molecule has 0 bridgehead atoms. The van der Waals surface area contributed by atoms with Crippen LogP contribution in [0.5, 0.6) is 0 Å². The molecule has 28 heavy (non-hydrogen) atoms. The molecule has 1 amide bonds. The van der Waals surface area contributed by atoms with Crippen LogP contribution in [0, 0.1) is 0 Å². The fourth-order valence-electron chi connectivity index (χ4n) is 3.01. The minimum absolute atomic E-state index is 0.213. The van der Waals surface area contributed by atoms with Gasteiger partial charge in [0.1, 0.15) is 5.56 Å². The van der Waals surface area contributed by atoms with Gasteiger partial charge in [-0.25, -0.2) is 9.59 Å². The molecule has 0 atom stereocenters. The van der Waals surface area contributed by atoms with Crippen LogP contribution >= 0.6 is 0 Å². The lowest BCUT2D eigenvalue weighted by atomic mass is 10.1. The number of benzene rings is 1. The molecule has 4 N–H and O–H groups in total. The Morgan fingerprint density at radius 2 is 1.96 bits per heavy atom. The highest BCUT2D eigenvalue weighted by Crippen LogP contribution is 2.37. The highest BCUT2D eigenvalue weighted by atomic mass is 16.5. The van der Waals surface area contributed by atoms with Crippen LogP contribution in [-0.4, -0.2) is 53.1 Å². The number of carboxylic acids is 1. The summed E-state index contributed by atoms with van der Waals surface area (Å²) in [5, 5.41) is 23.6. The van der Waals surface area contributed by atoms with E-state index in [1.807, 2.05) is 16.7 Å². The summed E-state index contributed by atoms with van der Waals surface area (Å²) >= 11 is 0. The molecule has 1 saturated carbocycles. The van der Waals surface area contributed by atoms with Crippen LogP contribution in [0.2, 0.25) is 0 Å². The van der Waals surface area contributed by atoms with E-state index in [0.29, 0.717) is 43.8 Å². The predicted molar refractivity (Wildman–Crippen MR) is 103 cm³/mol. The molecule has 9 nitrogen and oxygen atoms in total. The van der Waals surface area contributed by atoms with Crippen molar-refractivity contribution in [1.82, 2.24) is 9.88 Å². The molecule has 0 aliphatic heterocycles. The van der Waals surface area contributed by atoms with E-state index in [1.165, 1.54) is 6.20 Å². The zero-order valence-corrected chi connectivity index (χ0v) is 15.3. The van der Waals surface area contributed by atoms with E-state index in [0.717, 1.165) is 18.4 Å². The van der Waals surface area contributed by atoms with Gasteiger partial charge >= 0.3 is 12.1 Å². The summed E-state index contributed by atoms with van der Waals surface area (Å²) in [6.07, 6.45) is 2.95. The van der Waals surface area contributed by atoms with Crippen molar-refractivity contribution in [1.29, 1.82) is 0 Å². The normalized spacial score (nSPS) is 13.4. The number of hydrogen-bond acceptors (Lipinski definition) is 5. The molecule has 0 saturated heterocycles. The van der Waals surface area contributed by atoms with E-state index in [2.05, 4.69) is 10.6 Å². The molecule has 150 valence electrons. The van der Waals surface area contributed by atoms with Crippen LogP contribution in [0.3, 0.4) is 0 Å². The Bertz CT molecular complexity index is 935. The highest BCUT2D eigenvalue weighted by Gasteiger charge is 2.26. The quantitative estimate of drug-likeness (QED) is 0.458. The van der Waals surface area contributed by atoms with Gasteiger partial charge in [-0.1, -0.05) is 0 Å². The fraction of sp³-hybridized carbons (Fsp3) is 0.421. The highest BCUT2D eigenvalue weighted by molar-refractivity contribution is 5.93. The van der Waals surface area contributed by atoms with Gasteiger partial charge in [0, 0.05) is 43.0 Å². The largest absolute Gasteiger partial charge is 0.477 e. The van der Waals surface area contributed by atoms with E-state index in [-0.39, 0.29) is 11.6 Å². The van der Waals surface area contributed by atoms with E-state index < -0.39 is 17.5 Å². The number of nitrogens with one attached hydrogen (secondary N) is 2. The molecule has 1 aromatic heterocycles. The Kier molecular flexibility index (Phi) is 6.15. The summed E-state index contributed by atoms with van der Waals surface area (Å²) in [5.41, 5.74) is 0.760. The third-order valence-electron chi connectivity index (χ3n) is 4.52. The smallest absolute Gasteiger partial charge is 0.404 e. The number of fused-ring (bicyclic) bond motifs is 1. The number of aromatic nitrogens is 1. The second kappa shape index (κ2) is 8.75. The van der Waals surface area contributed by atoms with Crippen molar-refractivity contribution in [3.05, 3.63) is 40.2 Å². The lowest BCUT2D eigenvalue weighted by molar-refractivity contribution is 0.0694. The molecule has 3 rings (SSSR count). The van der Waals surface area contributed by atoms with Crippen molar-refractivity contribution < 1.29 is 24.5 Å². The third-order valence-corrected chi connectivity index (χ3v) is 4.52. The van der Waals surface area contributed by atoms with Crippen molar-refractivity contribution in [2.45, 2.75) is 25.3 Å².